The molecule has 0 spiro atoms. The molecule has 0 bridgehead atoms. The van der Waals surface area contributed by atoms with E-state index in [9.17, 15) is 4.79 Å². The van der Waals surface area contributed by atoms with E-state index in [1.54, 1.807) is 12.1 Å². The molecule has 0 aliphatic carbocycles. The maximum absolute atomic E-state index is 11.9. The van der Waals surface area contributed by atoms with Crippen LogP contribution >= 0.6 is 11.6 Å². The molecule has 0 aliphatic heterocycles. The molecule has 0 radical (unpaired) electrons. The minimum absolute atomic E-state index is 0.140. The fraction of sp³-hybridized carbons (Fsp3) is 0.333. The van der Waals surface area contributed by atoms with Gasteiger partial charge in [-0.05, 0) is 11.6 Å². The van der Waals surface area contributed by atoms with Crippen LogP contribution in [0.2, 0.25) is 5.02 Å². The summed E-state index contributed by atoms with van der Waals surface area (Å²) in [7, 11) is 0. The average molecular weight is 293 g/mol. The van der Waals surface area contributed by atoms with Crippen molar-refractivity contribution in [3.63, 3.8) is 0 Å². The molecule has 0 saturated heterocycles. The molecular formula is C15H17ClN2O2. The first-order valence-electron chi connectivity index (χ1n) is 6.37. The van der Waals surface area contributed by atoms with Gasteiger partial charge in [0.2, 0.25) is 5.91 Å². The van der Waals surface area contributed by atoms with Gasteiger partial charge in [0.15, 0.2) is 5.82 Å². The number of amides is 1. The van der Waals surface area contributed by atoms with Gasteiger partial charge in [-0.15, -0.1) is 0 Å². The molecule has 2 rings (SSSR count). The van der Waals surface area contributed by atoms with Gasteiger partial charge in [0.25, 0.3) is 0 Å². The second-order valence-corrected chi connectivity index (χ2v) is 6.05. The highest BCUT2D eigenvalue weighted by Crippen LogP contribution is 2.24. The summed E-state index contributed by atoms with van der Waals surface area (Å²) >= 11 is 6.02. The topological polar surface area (TPSA) is 55.1 Å². The zero-order valence-electron chi connectivity index (χ0n) is 11.7. The zero-order chi connectivity index (χ0) is 14.8. The van der Waals surface area contributed by atoms with Gasteiger partial charge >= 0.3 is 0 Å². The molecule has 1 aromatic heterocycles. The monoisotopic (exact) mass is 292 g/mol. The Morgan fingerprint density at radius 2 is 2.05 bits per heavy atom. The lowest BCUT2D eigenvalue weighted by atomic mass is 9.93. The molecule has 0 aliphatic rings. The van der Waals surface area contributed by atoms with Gasteiger partial charge < -0.3 is 9.84 Å². The van der Waals surface area contributed by atoms with Crippen LogP contribution in [0, 0.1) is 0 Å². The highest BCUT2D eigenvalue weighted by atomic mass is 35.5. The molecule has 106 valence electrons. The van der Waals surface area contributed by atoms with Gasteiger partial charge in [-0.3, -0.25) is 4.79 Å². The Labute approximate surface area is 123 Å². The number of halogens is 1. The number of benzene rings is 1. The first-order chi connectivity index (χ1) is 9.36. The van der Waals surface area contributed by atoms with Crippen LogP contribution in [-0.4, -0.2) is 11.1 Å². The van der Waals surface area contributed by atoms with Crippen LogP contribution in [-0.2, 0) is 16.6 Å². The summed E-state index contributed by atoms with van der Waals surface area (Å²) in [5.74, 6) is 0.976. The van der Waals surface area contributed by atoms with Crippen molar-refractivity contribution in [1.29, 1.82) is 0 Å². The Bertz CT molecular complexity index is 614. The molecule has 2 aromatic rings. The number of carbonyl (C=O) groups excluding carboxylic acids is 1. The van der Waals surface area contributed by atoms with E-state index in [0.717, 1.165) is 11.3 Å². The molecule has 0 saturated carbocycles. The lowest BCUT2D eigenvalue weighted by molar-refractivity contribution is -0.115. The van der Waals surface area contributed by atoms with Gasteiger partial charge in [-0.1, -0.05) is 55.7 Å². The molecule has 0 atom stereocenters. The second kappa shape index (κ2) is 5.67. The normalized spacial score (nSPS) is 11.4. The van der Waals surface area contributed by atoms with Gasteiger partial charge in [-0.2, -0.15) is 0 Å². The van der Waals surface area contributed by atoms with E-state index in [1.807, 2.05) is 39.0 Å². The third-order valence-corrected chi connectivity index (χ3v) is 3.19. The third kappa shape index (κ3) is 3.61. The highest BCUT2D eigenvalue weighted by Gasteiger charge is 2.20. The number of nitrogens with one attached hydrogen (secondary N) is 1. The van der Waals surface area contributed by atoms with Crippen molar-refractivity contribution < 1.29 is 9.32 Å². The van der Waals surface area contributed by atoms with Crippen LogP contribution in [0.3, 0.4) is 0 Å². The molecular weight excluding hydrogens is 276 g/mol. The van der Waals surface area contributed by atoms with Crippen molar-refractivity contribution >= 4 is 23.3 Å². The van der Waals surface area contributed by atoms with Crippen molar-refractivity contribution in [3.8, 4) is 0 Å². The van der Waals surface area contributed by atoms with E-state index in [4.69, 9.17) is 16.1 Å². The SMILES string of the molecule is CC(C)(C)c1cc(NC(=O)Cc2ccccc2Cl)no1. The summed E-state index contributed by atoms with van der Waals surface area (Å²) in [6.45, 7) is 6.05. The first-order valence-corrected chi connectivity index (χ1v) is 6.74. The maximum Gasteiger partial charge on any atom is 0.230 e. The minimum atomic E-state index is -0.174. The van der Waals surface area contributed by atoms with Crippen molar-refractivity contribution in [2.75, 3.05) is 5.32 Å². The van der Waals surface area contributed by atoms with Crippen LogP contribution in [0.4, 0.5) is 5.82 Å². The fourth-order valence-electron chi connectivity index (χ4n) is 1.69. The Balaban J connectivity index is 2.02. The Kier molecular flexibility index (Phi) is 4.14. The Hall–Kier alpha value is -1.81. The van der Waals surface area contributed by atoms with Gasteiger partial charge in [0.05, 0.1) is 6.42 Å². The molecule has 1 aromatic carbocycles. The number of aromatic nitrogens is 1. The van der Waals surface area contributed by atoms with Crippen molar-refractivity contribution in [2.45, 2.75) is 32.6 Å². The minimum Gasteiger partial charge on any atom is -0.359 e. The molecule has 0 fully saturated rings. The Morgan fingerprint density at radius 1 is 1.35 bits per heavy atom. The van der Waals surface area contributed by atoms with E-state index >= 15 is 0 Å². The molecule has 1 heterocycles. The first kappa shape index (κ1) is 14.6. The standard InChI is InChI=1S/C15H17ClN2O2/c1-15(2,3)12-9-13(18-20-12)17-14(19)8-10-6-4-5-7-11(10)16/h4-7,9H,8H2,1-3H3,(H,17,18,19). The Morgan fingerprint density at radius 3 is 2.65 bits per heavy atom. The summed E-state index contributed by atoms with van der Waals surface area (Å²) in [5.41, 5.74) is 0.643. The maximum atomic E-state index is 11.9. The van der Waals surface area contributed by atoms with Crippen molar-refractivity contribution in [2.24, 2.45) is 0 Å². The number of anilines is 1. The molecule has 4 nitrogen and oxygen atoms in total. The number of hydrogen-bond acceptors (Lipinski definition) is 3. The summed E-state index contributed by atoms with van der Waals surface area (Å²) in [5, 5.41) is 7.14. The summed E-state index contributed by atoms with van der Waals surface area (Å²) in [4.78, 5) is 11.9. The molecule has 0 unspecified atom stereocenters. The second-order valence-electron chi connectivity index (χ2n) is 5.64. The quantitative estimate of drug-likeness (QED) is 0.936. The van der Waals surface area contributed by atoms with Crippen LogP contribution in [0.15, 0.2) is 34.9 Å². The third-order valence-electron chi connectivity index (χ3n) is 2.83. The van der Waals surface area contributed by atoms with Crippen molar-refractivity contribution in [3.05, 3.63) is 46.7 Å². The molecule has 1 amide bonds. The van der Waals surface area contributed by atoms with E-state index < -0.39 is 0 Å². The van der Waals surface area contributed by atoms with E-state index in [0.29, 0.717) is 10.8 Å². The largest absolute Gasteiger partial charge is 0.359 e. The molecule has 20 heavy (non-hydrogen) atoms. The van der Waals surface area contributed by atoms with Gasteiger partial charge in [0.1, 0.15) is 5.76 Å². The highest BCUT2D eigenvalue weighted by molar-refractivity contribution is 6.31. The summed E-state index contributed by atoms with van der Waals surface area (Å²) < 4.78 is 5.21. The van der Waals surface area contributed by atoms with Gasteiger partial charge in [0, 0.05) is 16.5 Å². The smallest absolute Gasteiger partial charge is 0.230 e. The van der Waals surface area contributed by atoms with E-state index in [2.05, 4.69) is 10.5 Å². The molecule has 1 N–H and O–H groups in total. The average Bonchev–Trinajstić information content (AvgIpc) is 2.80. The van der Waals surface area contributed by atoms with Gasteiger partial charge in [-0.25, -0.2) is 0 Å². The number of nitrogens with zero attached hydrogens (tertiary/aromatic N) is 1. The van der Waals surface area contributed by atoms with Crippen LogP contribution in [0.1, 0.15) is 32.1 Å². The number of rotatable bonds is 3. The zero-order valence-corrected chi connectivity index (χ0v) is 12.5. The summed E-state index contributed by atoms with van der Waals surface area (Å²) in [6, 6.07) is 9.01. The lowest BCUT2D eigenvalue weighted by Gasteiger charge is -2.12. The van der Waals surface area contributed by atoms with Crippen LogP contribution in [0.25, 0.3) is 0 Å². The number of carbonyl (C=O) groups is 1. The summed E-state index contributed by atoms with van der Waals surface area (Å²) in [6.07, 6.45) is 0.206. The molecule has 5 heteroatoms. The van der Waals surface area contributed by atoms with E-state index in [1.165, 1.54) is 0 Å². The van der Waals surface area contributed by atoms with Crippen LogP contribution < -0.4 is 5.32 Å². The predicted molar refractivity (Wildman–Crippen MR) is 79.0 cm³/mol. The van der Waals surface area contributed by atoms with Crippen molar-refractivity contribution in [1.82, 2.24) is 5.16 Å². The van der Waals surface area contributed by atoms with E-state index in [-0.39, 0.29) is 17.7 Å². The number of hydrogen-bond donors (Lipinski definition) is 1. The lowest BCUT2D eigenvalue weighted by Crippen LogP contribution is -2.15. The predicted octanol–water partition coefficient (Wildman–Crippen LogP) is 3.81. The van der Waals surface area contributed by atoms with Crippen LogP contribution in [0.5, 0.6) is 0 Å². The fourth-order valence-corrected chi connectivity index (χ4v) is 1.89.